The third-order valence-corrected chi connectivity index (χ3v) is 5.86. The highest BCUT2D eigenvalue weighted by Crippen LogP contribution is 2.39. The molecule has 3 rings (SSSR count). The van der Waals surface area contributed by atoms with Gasteiger partial charge in [0.2, 0.25) is 0 Å². The van der Waals surface area contributed by atoms with Crippen LogP contribution >= 0.6 is 11.6 Å². The number of aliphatic hydroxyl groups is 3. The molecule has 0 aliphatic carbocycles. The fourth-order valence-electron chi connectivity index (χ4n) is 3.87. The van der Waals surface area contributed by atoms with Crippen LogP contribution in [0.1, 0.15) is 36.1 Å². The molecule has 29 heavy (non-hydrogen) atoms. The maximum atomic E-state index is 10.7. The summed E-state index contributed by atoms with van der Waals surface area (Å²) in [5.41, 5.74) is 2.68. The Hall–Kier alpha value is -2.05. The number of aliphatic hydroxyl groups excluding tert-OH is 3. The van der Waals surface area contributed by atoms with E-state index in [2.05, 4.69) is 6.58 Å². The first-order chi connectivity index (χ1) is 13.8. The fraction of sp³-hybridized carbons (Fsp3) is 0.391. The van der Waals surface area contributed by atoms with Gasteiger partial charge in [0.05, 0.1) is 31.0 Å². The summed E-state index contributed by atoms with van der Waals surface area (Å²) in [7, 11) is 1.62. The number of halogens is 1. The van der Waals surface area contributed by atoms with Crippen LogP contribution in [-0.4, -0.2) is 40.7 Å². The number of methoxy groups -OCH3 is 1. The Morgan fingerprint density at radius 2 is 1.83 bits per heavy atom. The summed E-state index contributed by atoms with van der Waals surface area (Å²) in [4.78, 5) is 0. The number of hydrogen-bond donors (Lipinski definition) is 3. The zero-order valence-corrected chi connectivity index (χ0v) is 17.3. The zero-order valence-electron chi connectivity index (χ0n) is 16.6. The molecule has 0 amide bonds. The van der Waals surface area contributed by atoms with Gasteiger partial charge in [-0.05, 0) is 47.7 Å². The van der Waals surface area contributed by atoms with Crippen molar-refractivity contribution in [2.24, 2.45) is 5.92 Å². The van der Waals surface area contributed by atoms with Crippen LogP contribution in [0.4, 0.5) is 0 Å². The zero-order chi connectivity index (χ0) is 21.1. The summed E-state index contributed by atoms with van der Waals surface area (Å²) in [6.45, 7) is 5.42. The molecule has 3 N–H and O–H groups in total. The van der Waals surface area contributed by atoms with Gasteiger partial charge in [0.15, 0.2) is 0 Å². The number of hydrogen-bond acceptors (Lipinski definition) is 5. The maximum absolute atomic E-state index is 10.7. The van der Waals surface area contributed by atoms with E-state index in [1.165, 1.54) is 0 Å². The highest BCUT2D eigenvalue weighted by molar-refractivity contribution is 6.31. The van der Waals surface area contributed by atoms with Gasteiger partial charge in [0.25, 0.3) is 0 Å². The van der Waals surface area contributed by atoms with Crippen molar-refractivity contribution in [3.8, 4) is 5.75 Å². The average molecular weight is 419 g/mol. The second kappa shape index (κ2) is 9.18. The number of benzene rings is 2. The van der Waals surface area contributed by atoms with Gasteiger partial charge < -0.3 is 24.8 Å². The minimum Gasteiger partial charge on any atom is -0.512 e. The quantitative estimate of drug-likeness (QED) is 0.613. The van der Waals surface area contributed by atoms with Crippen molar-refractivity contribution in [1.29, 1.82) is 0 Å². The molecule has 2 aromatic carbocycles. The topological polar surface area (TPSA) is 79.2 Å². The Morgan fingerprint density at radius 1 is 1.14 bits per heavy atom. The molecule has 0 spiro atoms. The molecule has 1 saturated heterocycles. The monoisotopic (exact) mass is 418 g/mol. The van der Waals surface area contributed by atoms with Crippen LogP contribution in [-0.2, 0) is 11.2 Å². The Bertz CT molecular complexity index is 849. The van der Waals surface area contributed by atoms with Gasteiger partial charge in [0.1, 0.15) is 18.0 Å². The first kappa shape index (κ1) is 21.7. The van der Waals surface area contributed by atoms with Crippen molar-refractivity contribution < 1.29 is 24.8 Å². The molecular formula is C23H27ClO5. The van der Waals surface area contributed by atoms with E-state index in [0.29, 0.717) is 17.9 Å². The molecule has 156 valence electrons. The van der Waals surface area contributed by atoms with E-state index >= 15 is 0 Å². The van der Waals surface area contributed by atoms with Gasteiger partial charge in [0, 0.05) is 5.02 Å². The van der Waals surface area contributed by atoms with Crippen LogP contribution < -0.4 is 4.74 Å². The molecule has 6 heteroatoms. The molecule has 5 atom stereocenters. The Labute approximate surface area is 176 Å². The van der Waals surface area contributed by atoms with Gasteiger partial charge in [-0.1, -0.05) is 49.4 Å². The number of ether oxygens (including phenoxy) is 2. The highest BCUT2D eigenvalue weighted by atomic mass is 35.5. The average Bonchev–Trinajstić information content (AvgIpc) is 2.71. The fourth-order valence-corrected chi connectivity index (χ4v) is 4.06. The van der Waals surface area contributed by atoms with Gasteiger partial charge in [-0.2, -0.15) is 0 Å². The van der Waals surface area contributed by atoms with Gasteiger partial charge >= 0.3 is 0 Å². The normalized spacial score (nSPS) is 26.9. The number of rotatable bonds is 6. The summed E-state index contributed by atoms with van der Waals surface area (Å²) in [5, 5.41) is 31.7. The molecule has 2 aromatic rings. The van der Waals surface area contributed by atoms with Crippen molar-refractivity contribution in [3.05, 3.63) is 76.5 Å². The summed E-state index contributed by atoms with van der Waals surface area (Å²) in [5.74, 6) is -0.123. The molecule has 0 saturated carbocycles. The summed E-state index contributed by atoms with van der Waals surface area (Å²) < 4.78 is 11.3. The Kier molecular flexibility index (Phi) is 6.85. The molecular weight excluding hydrogens is 392 g/mol. The predicted octanol–water partition coefficient (Wildman–Crippen LogP) is 4.20. The molecule has 1 aliphatic heterocycles. The summed E-state index contributed by atoms with van der Waals surface area (Å²) in [6, 6.07) is 13.2. The molecule has 1 heterocycles. The molecule has 5 nitrogen and oxygen atoms in total. The third kappa shape index (κ3) is 4.59. The maximum Gasteiger partial charge on any atom is 0.118 e. The molecule has 0 aromatic heterocycles. The van der Waals surface area contributed by atoms with Crippen LogP contribution in [0.3, 0.4) is 0 Å². The predicted molar refractivity (Wildman–Crippen MR) is 112 cm³/mol. The lowest BCUT2D eigenvalue weighted by atomic mass is 9.82. The van der Waals surface area contributed by atoms with E-state index < -0.39 is 30.3 Å². The lowest BCUT2D eigenvalue weighted by Gasteiger charge is -2.42. The first-order valence-corrected chi connectivity index (χ1v) is 10.0. The van der Waals surface area contributed by atoms with E-state index in [0.717, 1.165) is 22.4 Å². The van der Waals surface area contributed by atoms with Crippen LogP contribution in [0, 0.1) is 5.92 Å². The van der Waals surface area contributed by atoms with Crippen LogP contribution in [0.25, 0.3) is 0 Å². The molecule has 1 fully saturated rings. The minimum atomic E-state index is -1.19. The minimum absolute atomic E-state index is 0.182. The SMILES string of the molecule is C=C(O)[C@H]1[C@H](O)[C@@H](O)[C@H](c2ccc(Cl)c(Cc3ccc(OC)cc3)c2)O[C@@H]1CC. The highest BCUT2D eigenvalue weighted by Gasteiger charge is 2.45. The molecule has 0 radical (unpaired) electrons. The van der Waals surface area contributed by atoms with E-state index in [-0.39, 0.29) is 5.76 Å². The van der Waals surface area contributed by atoms with Gasteiger partial charge in [-0.25, -0.2) is 0 Å². The molecule has 0 unspecified atom stereocenters. The lowest BCUT2D eigenvalue weighted by molar-refractivity contribution is -0.200. The summed E-state index contributed by atoms with van der Waals surface area (Å²) in [6.07, 6.45) is -2.36. The van der Waals surface area contributed by atoms with E-state index in [4.69, 9.17) is 21.1 Å². The van der Waals surface area contributed by atoms with Crippen molar-refractivity contribution in [3.63, 3.8) is 0 Å². The van der Waals surface area contributed by atoms with E-state index in [1.807, 2.05) is 37.3 Å². The molecule has 1 aliphatic rings. The van der Waals surface area contributed by atoms with Crippen molar-refractivity contribution in [2.75, 3.05) is 7.11 Å². The van der Waals surface area contributed by atoms with E-state index in [9.17, 15) is 15.3 Å². The Balaban J connectivity index is 1.87. The second-order valence-corrected chi connectivity index (χ2v) is 7.78. The van der Waals surface area contributed by atoms with Crippen molar-refractivity contribution >= 4 is 11.6 Å². The molecule has 0 bridgehead atoms. The first-order valence-electron chi connectivity index (χ1n) is 9.66. The Morgan fingerprint density at radius 3 is 2.41 bits per heavy atom. The third-order valence-electron chi connectivity index (χ3n) is 5.49. The second-order valence-electron chi connectivity index (χ2n) is 7.38. The van der Waals surface area contributed by atoms with Crippen LogP contribution in [0.2, 0.25) is 5.02 Å². The smallest absolute Gasteiger partial charge is 0.118 e. The van der Waals surface area contributed by atoms with Crippen molar-refractivity contribution in [2.45, 2.75) is 44.2 Å². The van der Waals surface area contributed by atoms with Gasteiger partial charge in [-0.15, -0.1) is 0 Å². The lowest BCUT2D eigenvalue weighted by Crippen LogP contribution is -2.51. The van der Waals surface area contributed by atoms with Crippen LogP contribution in [0.15, 0.2) is 54.8 Å². The largest absolute Gasteiger partial charge is 0.512 e. The van der Waals surface area contributed by atoms with E-state index in [1.54, 1.807) is 19.2 Å². The summed E-state index contributed by atoms with van der Waals surface area (Å²) >= 11 is 6.41. The standard InChI is InChI=1S/C23H27ClO5/c1-4-19-20(13(2)25)21(26)22(27)23(29-19)15-7-10-18(24)16(12-15)11-14-5-8-17(28-3)9-6-14/h5-10,12,19-23,25-27H,2,4,11H2,1,3H3/t19-,20-,21+,22-,23+/m1/s1. The van der Waals surface area contributed by atoms with Gasteiger partial charge in [-0.3, -0.25) is 0 Å². The van der Waals surface area contributed by atoms with Crippen LogP contribution in [0.5, 0.6) is 5.75 Å². The van der Waals surface area contributed by atoms with Crippen molar-refractivity contribution in [1.82, 2.24) is 0 Å².